The van der Waals surface area contributed by atoms with Crippen LogP contribution in [0.4, 0.5) is 0 Å². The molecular weight excluding hydrogens is 287 g/mol. The Morgan fingerprint density at radius 1 is 1.12 bits per heavy atom. The molecule has 82 valence electrons. The van der Waals surface area contributed by atoms with Gasteiger partial charge in [0, 0.05) is 0 Å². The van der Waals surface area contributed by atoms with Crippen molar-refractivity contribution < 1.29 is 4.74 Å². The van der Waals surface area contributed by atoms with E-state index in [9.17, 15) is 0 Å². The minimum atomic E-state index is 0.593. The Morgan fingerprint density at radius 2 is 1.88 bits per heavy atom. The van der Waals surface area contributed by atoms with Crippen molar-refractivity contribution in [2.24, 2.45) is 0 Å². The van der Waals surface area contributed by atoms with Crippen LogP contribution in [0.3, 0.4) is 0 Å². The SMILES string of the molecule is Cc1cccc(Oc2c(Cl)cccc2Br)c1. The summed E-state index contributed by atoms with van der Waals surface area (Å²) in [7, 11) is 0. The molecule has 0 atom stereocenters. The van der Waals surface area contributed by atoms with E-state index < -0.39 is 0 Å². The molecule has 1 nitrogen and oxygen atoms in total. The summed E-state index contributed by atoms with van der Waals surface area (Å²) in [5.41, 5.74) is 1.15. The monoisotopic (exact) mass is 296 g/mol. The quantitative estimate of drug-likeness (QED) is 0.740. The number of hydrogen-bond acceptors (Lipinski definition) is 1. The molecule has 2 aromatic carbocycles. The molecule has 0 saturated carbocycles. The molecule has 3 heteroatoms. The molecule has 2 aromatic rings. The van der Waals surface area contributed by atoms with Crippen molar-refractivity contribution in [1.29, 1.82) is 0 Å². The van der Waals surface area contributed by atoms with Gasteiger partial charge in [-0.3, -0.25) is 0 Å². The average molecular weight is 298 g/mol. The van der Waals surface area contributed by atoms with Gasteiger partial charge in [-0.25, -0.2) is 0 Å². The fraction of sp³-hybridized carbons (Fsp3) is 0.0769. The first-order valence-corrected chi connectivity index (χ1v) is 6.02. The third-order valence-corrected chi connectivity index (χ3v) is 3.05. The van der Waals surface area contributed by atoms with Gasteiger partial charge in [0.25, 0.3) is 0 Å². The zero-order chi connectivity index (χ0) is 11.5. The van der Waals surface area contributed by atoms with E-state index in [1.807, 2.05) is 43.3 Å². The normalized spacial score (nSPS) is 10.2. The van der Waals surface area contributed by atoms with Gasteiger partial charge in [-0.05, 0) is 52.7 Å². The average Bonchev–Trinajstić information content (AvgIpc) is 2.24. The molecule has 0 unspecified atom stereocenters. The highest BCUT2D eigenvalue weighted by Crippen LogP contribution is 2.36. The van der Waals surface area contributed by atoms with Crippen LogP contribution in [0.15, 0.2) is 46.9 Å². The van der Waals surface area contributed by atoms with E-state index in [1.165, 1.54) is 0 Å². The Balaban J connectivity index is 2.34. The molecule has 0 saturated heterocycles. The first kappa shape index (κ1) is 11.5. The van der Waals surface area contributed by atoms with Gasteiger partial charge in [0.1, 0.15) is 5.75 Å². The number of benzene rings is 2. The van der Waals surface area contributed by atoms with Gasteiger partial charge in [-0.2, -0.15) is 0 Å². The van der Waals surface area contributed by atoms with E-state index in [4.69, 9.17) is 16.3 Å². The molecule has 0 aromatic heterocycles. The molecule has 0 aliphatic rings. The zero-order valence-electron chi connectivity index (χ0n) is 8.71. The molecule has 0 amide bonds. The lowest BCUT2D eigenvalue weighted by Gasteiger charge is -2.09. The highest BCUT2D eigenvalue weighted by molar-refractivity contribution is 9.10. The van der Waals surface area contributed by atoms with Gasteiger partial charge in [-0.1, -0.05) is 29.8 Å². The Labute approximate surface area is 108 Å². The van der Waals surface area contributed by atoms with Gasteiger partial charge in [-0.15, -0.1) is 0 Å². The van der Waals surface area contributed by atoms with Crippen molar-refractivity contribution in [3.63, 3.8) is 0 Å². The summed E-state index contributed by atoms with van der Waals surface area (Å²) in [4.78, 5) is 0. The standard InChI is InChI=1S/C13H10BrClO/c1-9-4-2-5-10(8-9)16-13-11(14)6-3-7-12(13)15/h2-8H,1H3. The lowest BCUT2D eigenvalue weighted by Crippen LogP contribution is -1.87. The minimum Gasteiger partial charge on any atom is -0.455 e. The van der Waals surface area contributed by atoms with E-state index in [0.29, 0.717) is 10.8 Å². The predicted octanol–water partition coefficient (Wildman–Crippen LogP) is 5.20. The summed E-state index contributed by atoms with van der Waals surface area (Å²) >= 11 is 9.48. The number of rotatable bonds is 2. The summed E-state index contributed by atoms with van der Waals surface area (Å²) in [6, 6.07) is 13.4. The highest BCUT2D eigenvalue weighted by atomic mass is 79.9. The fourth-order valence-electron chi connectivity index (χ4n) is 1.38. The number of halogens is 2. The van der Waals surface area contributed by atoms with Crippen molar-refractivity contribution in [3.05, 3.63) is 57.5 Å². The van der Waals surface area contributed by atoms with Gasteiger partial charge >= 0.3 is 0 Å². The zero-order valence-corrected chi connectivity index (χ0v) is 11.0. The third kappa shape index (κ3) is 2.57. The van der Waals surface area contributed by atoms with E-state index in [2.05, 4.69) is 15.9 Å². The molecule has 0 fully saturated rings. The molecule has 16 heavy (non-hydrogen) atoms. The molecule has 0 bridgehead atoms. The maximum atomic E-state index is 6.06. The smallest absolute Gasteiger partial charge is 0.160 e. The summed E-state index contributed by atoms with van der Waals surface area (Å²) < 4.78 is 6.59. The van der Waals surface area contributed by atoms with Crippen LogP contribution in [0.2, 0.25) is 5.02 Å². The molecule has 0 heterocycles. The van der Waals surface area contributed by atoms with Crippen molar-refractivity contribution in [3.8, 4) is 11.5 Å². The van der Waals surface area contributed by atoms with Crippen molar-refractivity contribution in [1.82, 2.24) is 0 Å². The van der Waals surface area contributed by atoms with Gasteiger partial charge in [0.15, 0.2) is 5.75 Å². The number of hydrogen-bond donors (Lipinski definition) is 0. The van der Waals surface area contributed by atoms with Crippen LogP contribution in [0.25, 0.3) is 0 Å². The lowest BCUT2D eigenvalue weighted by atomic mass is 10.2. The van der Waals surface area contributed by atoms with E-state index in [0.717, 1.165) is 15.8 Å². The van der Waals surface area contributed by atoms with E-state index in [-0.39, 0.29) is 0 Å². The second kappa shape index (κ2) is 4.89. The maximum absolute atomic E-state index is 6.06. The fourth-order valence-corrected chi connectivity index (χ4v) is 2.15. The van der Waals surface area contributed by atoms with Crippen molar-refractivity contribution in [2.75, 3.05) is 0 Å². The Morgan fingerprint density at radius 3 is 2.56 bits per heavy atom. The second-order valence-electron chi connectivity index (χ2n) is 3.47. The Kier molecular flexibility index (Phi) is 3.52. The molecule has 0 N–H and O–H groups in total. The van der Waals surface area contributed by atoms with Crippen LogP contribution >= 0.6 is 27.5 Å². The minimum absolute atomic E-state index is 0.593. The predicted molar refractivity (Wildman–Crippen MR) is 70.4 cm³/mol. The van der Waals surface area contributed by atoms with Crippen LogP contribution in [-0.2, 0) is 0 Å². The first-order valence-electron chi connectivity index (χ1n) is 4.85. The van der Waals surface area contributed by atoms with Crippen molar-refractivity contribution >= 4 is 27.5 Å². The van der Waals surface area contributed by atoms with Gasteiger partial charge in [0.05, 0.1) is 9.50 Å². The van der Waals surface area contributed by atoms with Crippen LogP contribution in [0.5, 0.6) is 11.5 Å². The van der Waals surface area contributed by atoms with E-state index in [1.54, 1.807) is 6.07 Å². The molecule has 0 aliphatic carbocycles. The highest BCUT2D eigenvalue weighted by Gasteiger charge is 2.07. The summed E-state index contributed by atoms with van der Waals surface area (Å²) in [5.74, 6) is 1.43. The lowest BCUT2D eigenvalue weighted by molar-refractivity contribution is 0.479. The van der Waals surface area contributed by atoms with Crippen LogP contribution in [-0.4, -0.2) is 0 Å². The van der Waals surface area contributed by atoms with Crippen LogP contribution in [0, 0.1) is 6.92 Å². The van der Waals surface area contributed by atoms with Gasteiger partial charge in [0.2, 0.25) is 0 Å². The number of aryl methyl sites for hydroxylation is 1. The molecular formula is C13H10BrClO. The second-order valence-corrected chi connectivity index (χ2v) is 4.73. The largest absolute Gasteiger partial charge is 0.455 e. The number of para-hydroxylation sites is 1. The first-order chi connectivity index (χ1) is 7.66. The maximum Gasteiger partial charge on any atom is 0.160 e. The van der Waals surface area contributed by atoms with Crippen molar-refractivity contribution in [2.45, 2.75) is 6.92 Å². The molecule has 0 aliphatic heterocycles. The summed E-state index contributed by atoms with van der Waals surface area (Å²) in [6.07, 6.45) is 0. The van der Waals surface area contributed by atoms with Crippen LogP contribution < -0.4 is 4.74 Å². The Bertz CT molecular complexity index is 491. The van der Waals surface area contributed by atoms with E-state index >= 15 is 0 Å². The molecule has 0 radical (unpaired) electrons. The van der Waals surface area contributed by atoms with Crippen LogP contribution in [0.1, 0.15) is 5.56 Å². The Hall–Kier alpha value is -0.990. The van der Waals surface area contributed by atoms with Gasteiger partial charge < -0.3 is 4.74 Å². The number of ether oxygens (including phenoxy) is 1. The third-order valence-electron chi connectivity index (χ3n) is 2.13. The topological polar surface area (TPSA) is 9.23 Å². The summed E-state index contributed by atoms with van der Waals surface area (Å²) in [6.45, 7) is 2.02. The molecule has 0 spiro atoms. The molecule has 2 rings (SSSR count). The summed E-state index contributed by atoms with van der Waals surface area (Å²) in [5, 5.41) is 0.593.